The van der Waals surface area contributed by atoms with Crippen LogP contribution in [0.2, 0.25) is 4.34 Å². The molecule has 1 fully saturated rings. The highest BCUT2D eigenvalue weighted by Crippen LogP contribution is 2.38. The number of rotatable bonds is 7. The van der Waals surface area contributed by atoms with Gasteiger partial charge >= 0.3 is 5.97 Å². The van der Waals surface area contributed by atoms with Crippen molar-refractivity contribution in [2.24, 2.45) is 0 Å². The molecule has 2 N–H and O–H groups in total. The molecule has 1 aliphatic rings. The molecule has 0 bridgehead atoms. The molecular weight excluding hydrogens is 523 g/mol. The van der Waals surface area contributed by atoms with Crippen molar-refractivity contribution in [1.29, 1.82) is 0 Å². The van der Waals surface area contributed by atoms with E-state index in [2.05, 4.69) is 21.2 Å². The molecule has 1 saturated heterocycles. The number of carboxylic acid groups (broad SMARTS) is 1. The zero-order valence-corrected chi connectivity index (χ0v) is 19.3. The second-order valence-corrected chi connectivity index (χ2v) is 11.3. The summed E-state index contributed by atoms with van der Waals surface area (Å²) < 4.78 is 40.8. The van der Waals surface area contributed by atoms with Crippen LogP contribution in [0.4, 0.5) is 4.39 Å². The third kappa shape index (κ3) is 5.02. The van der Waals surface area contributed by atoms with Gasteiger partial charge in [0.15, 0.2) is 4.21 Å². The van der Waals surface area contributed by atoms with Crippen LogP contribution in [0, 0.1) is 5.82 Å². The number of thiophene rings is 1. The summed E-state index contributed by atoms with van der Waals surface area (Å²) in [6.45, 7) is 0.137. The molecule has 7 nitrogen and oxygen atoms in total. The first-order valence-electron chi connectivity index (χ1n) is 8.84. The van der Waals surface area contributed by atoms with Crippen LogP contribution in [-0.4, -0.2) is 48.3 Å². The lowest BCUT2D eigenvalue weighted by Crippen LogP contribution is -2.51. The maximum Gasteiger partial charge on any atom is 0.326 e. The molecule has 3 rings (SSSR count). The fraction of sp³-hybridized carbons (Fsp3) is 0.333. The zero-order chi connectivity index (χ0) is 22.1. The molecule has 0 saturated carbocycles. The monoisotopic (exact) mass is 538 g/mol. The summed E-state index contributed by atoms with van der Waals surface area (Å²) in [7, 11) is -3.99. The highest BCUT2D eigenvalue weighted by atomic mass is 79.9. The van der Waals surface area contributed by atoms with E-state index in [1.54, 1.807) is 0 Å². The molecule has 1 amide bonds. The maximum absolute atomic E-state index is 13.1. The van der Waals surface area contributed by atoms with Gasteiger partial charge in [-0.1, -0.05) is 23.7 Å². The number of carbonyl (C=O) groups excluding carboxylic acids is 1. The molecule has 1 aliphatic heterocycles. The van der Waals surface area contributed by atoms with Crippen LogP contribution < -0.4 is 5.32 Å². The van der Waals surface area contributed by atoms with E-state index in [0.29, 0.717) is 16.5 Å². The smallest absolute Gasteiger partial charge is 0.326 e. The van der Waals surface area contributed by atoms with Gasteiger partial charge in [-0.25, -0.2) is 17.6 Å². The van der Waals surface area contributed by atoms with Crippen LogP contribution in [-0.2, 0) is 26.0 Å². The number of carbonyl (C=O) groups is 2. The second-order valence-electron chi connectivity index (χ2n) is 6.69. The van der Waals surface area contributed by atoms with E-state index in [1.807, 2.05) is 0 Å². The van der Waals surface area contributed by atoms with Crippen LogP contribution >= 0.6 is 38.9 Å². The molecule has 0 unspecified atom stereocenters. The Balaban J connectivity index is 1.77. The van der Waals surface area contributed by atoms with Crippen molar-refractivity contribution >= 4 is 60.8 Å². The molecule has 0 aliphatic carbocycles. The van der Waals surface area contributed by atoms with E-state index in [4.69, 9.17) is 11.6 Å². The SMILES string of the molecule is O=C(O)[C@H](Cc1ccc(F)cc1)NC(=O)[C@@H]1CCCN1S(=O)(=O)c1sc(Cl)cc1Br. The Morgan fingerprint density at radius 1 is 1.37 bits per heavy atom. The van der Waals surface area contributed by atoms with Crippen molar-refractivity contribution < 1.29 is 27.5 Å². The average Bonchev–Trinajstić information content (AvgIpc) is 3.30. The summed E-state index contributed by atoms with van der Waals surface area (Å²) in [6, 6.07) is 4.42. The first-order valence-corrected chi connectivity index (χ1v) is 12.3. The molecule has 30 heavy (non-hydrogen) atoms. The number of nitrogens with one attached hydrogen (secondary N) is 1. The molecule has 1 aromatic carbocycles. The van der Waals surface area contributed by atoms with Crippen LogP contribution in [0.1, 0.15) is 18.4 Å². The Labute approximate surface area is 190 Å². The molecule has 1 aromatic heterocycles. The molecule has 0 spiro atoms. The number of benzene rings is 1. The third-order valence-electron chi connectivity index (χ3n) is 4.64. The standard InChI is InChI=1S/C18H17BrClFN2O5S2/c19-12-9-15(20)29-18(12)30(27,28)23-7-1-2-14(23)16(24)22-13(17(25)26)8-10-3-5-11(21)6-4-10/h3-6,9,13-14H,1-2,7-8H2,(H,22,24)(H,25,26)/t13-,14-/m0/s1. The quantitative estimate of drug-likeness (QED) is 0.562. The number of nitrogens with zero attached hydrogens (tertiary/aromatic N) is 1. The normalized spacial score (nSPS) is 18.3. The van der Waals surface area contributed by atoms with E-state index in [-0.39, 0.29) is 27.9 Å². The highest BCUT2D eigenvalue weighted by molar-refractivity contribution is 9.10. The molecular formula is C18H17BrClFN2O5S2. The summed E-state index contributed by atoms with van der Waals surface area (Å²) in [4.78, 5) is 24.4. The Hall–Kier alpha value is -1.53. The number of aliphatic carboxylic acids is 1. The summed E-state index contributed by atoms with van der Waals surface area (Å²) >= 11 is 9.96. The topological polar surface area (TPSA) is 104 Å². The molecule has 2 aromatic rings. The van der Waals surface area contributed by atoms with Crippen molar-refractivity contribution in [2.75, 3.05) is 6.54 Å². The summed E-state index contributed by atoms with van der Waals surface area (Å²) in [5.41, 5.74) is 0.525. The average molecular weight is 540 g/mol. The predicted octanol–water partition coefficient (Wildman–Crippen LogP) is 3.27. The number of amides is 1. The highest BCUT2D eigenvalue weighted by Gasteiger charge is 2.42. The molecule has 2 atom stereocenters. The molecule has 2 heterocycles. The van der Waals surface area contributed by atoms with Gasteiger partial charge in [0.25, 0.3) is 10.0 Å². The van der Waals surface area contributed by atoms with Crippen LogP contribution in [0.5, 0.6) is 0 Å². The molecule has 12 heteroatoms. The van der Waals surface area contributed by atoms with Crippen molar-refractivity contribution in [1.82, 2.24) is 9.62 Å². The van der Waals surface area contributed by atoms with Gasteiger partial charge in [-0.3, -0.25) is 4.79 Å². The predicted molar refractivity (Wildman–Crippen MR) is 114 cm³/mol. The Bertz CT molecular complexity index is 1060. The van der Waals surface area contributed by atoms with Gasteiger partial charge < -0.3 is 10.4 Å². The van der Waals surface area contributed by atoms with E-state index in [0.717, 1.165) is 15.6 Å². The number of carboxylic acids is 1. The van der Waals surface area contributed by atoms with Crippen LogP contribution in [0.15, 0.2) is 39.0 Å². The van der Waals surface area contributed by atoms with Gasteiger partial charge in [0, 0.05) is 13.0 Å². The van der Waals surface area contributed by atoms with Crippen molar-refractivity contribution in [2.45, 2.75) is 35.6 Å². The molecule has 0 radical (unpaired) electrons. The minimum Gasteiger partial charge on any atom is -0.480 e. The number of sulfonamides is 1. The number of hydrogen-bond acceptors (Lipinski definition) is 5. The molecule has 162 valence electrons. The fourth-order valence-electron chi connectivity index (χ4n) is 3.22. The number of hydrogen-bond donors (Lipinski definition) is 2. The van der Waals surface area contributed by atoms with Gasteiger partial charge in [-0.2, -0.15) is 4.31 Å². The lowest BCUT2D eigenvalue weighted by atomic mass is 10.1. The zero-order valence-electron chi connectivity index (χ0n) is 15.3. The van der Waals surface area contributed by atoms with E-state index in [1.165, 1.54) is 30.3 Å². The minimum atomic E-state index is -3.99. The lowest BCUT2D eigenvalue weighted by Gasteiger charge is -2.24. The second kappa shape index (κ2) is 9.31. The first kappa shape index (κ1) is 23.1. The number of halogens is 3. The van der Waals surface area contributed by atoms with Crippen molar-refractivity contribution in [3.63, 3.8) is 0 Å². The van der Waals surface area contributed by atoms with E-state index in [9.17, 15) is 27.5 Å². The van der Waals surface area contributed by atoms with Crippen LogP contribution in [0.25, 0.3) is 0 Å². The summed E-state index contributed by atoms with van der Waals surface area (Å²) in [5, 5.41) is 11.9. The lowest BCUT2D eigenvalue weighted by molar-refractivity contribution is -0.142. The van der Waals surface area contributed by atoms with E-state index < -0.39 is 39.8 Å². The Kier molecular flexibility index (Phi) is 7.18. The minimum absolute atomic E-state index is 0.00621. The Morgan fingerprint density at radius 3 is 2.60 bits per heavy atom. The summed E-state index contributed by atoms with van der Waals surface area (Å²) in [5.74, 6) is -2.42. The van der Waals surface area contributed by atoms with E-state index >= 15 is 0 Å². The van der Waals surface area contributed by atoms with Crippen LogP contribution in [0.3, 0.4) is 0 Å². The summed E-state index contributed by atoms with van der Waals surface area (Å²) in [6.07, 6.45) is 0.668. The van der Waals surface area contributed by atoms with Gasteiger partial charge in [0.05, 0.1) is 8.81 Å². The fourth-order valence-corrected chi connectivity index (χ4v) is 7.98. The van der Waals surface area contributed by atoms with Gasteiger partial charge in [-0.05, 0) is 52.5 Å². The van der Waals surface area contributed by atoms with Gasteiger partial charge in [0.2, 0.25) is 5.91 Å². The van der Waals surface area contributed by atoms with Gasteiger partial charge in [0.1, 0.15) is 17.9 Å². The van der Waals surface area contributed by atoms with Crippen molar-refractivity contribution in [3.05, 3.63) is 50.5 Å². The Morgan fingerprint density at radius 2 is 2.03 bits per heavy atom. The largest absolute Gasteiger partial charge is 0.480 e. The van der Waals surface area contributed by atoms with Gasteiger partial charge in [-0.15, -0.1) is 11.3 Å². The first-order chi connectivity index (χ1) is 14.1. The third-order valence-corrected chi connectivity index (χ3v) is 9.48. The maximum atomic E-state index is 13.1. The van der Waals surface area contributed by atoms with Crippen molar-refractivity contribution in [3.8, 4) is 0 Å².